The van der Waals surface area contributed by atoms with Crippen molar-refractivity contribution in [2.45, 2.75) is 25.2 Å². The molecule has 0 heterocycles. The Morgan fingerprint density at radius 2 is 2.00 bits per heavy atom. The average molecular weight is 341 g/mol. The van der Waals surface area contributed by atoms with Gasteiger partial charge in [0.05, 0.1) is 13.0 Å². The summed E-state index contributed by atoms with van der Waals surface area (Å²) < 4.78 is 4.90. The van der Waals surface area contributed by atoms with Crippen molar-refractivity contribution in [3.05, 3.63) is 58.1 Å². The summed E-state index contributed by atoms with van der Waals surface area (Å²) in [5, 5.41) is 13.2. The Balaban J connectivity index is 2.16. The zero-order valence-corrected chi connectivity index (χ0v) is 13.9. The lowest BCUT2D eigenvalue weighted by Crippen LogP contribution is -2.44. The summed E-state index contributed by atoms with van der Waals surface area (Å²) in [5.41, 5.74) is -0.847. The molecule has 3 rings (SSSR count). The van der Waals surface area contributed by atoms with Crippen molar-refractivity contribution in [2.75, 3.05) is 13.7 Å². The lowest BCUT2D eigenvalue weighted by atomic mass is 9.69. The molecule has 1 fully saturated rings. The minimum atomic E-state index is -1.47. The number of ether oxygens (including phenoxy) is 1. The Kier molecular flexibility index (Phi) is 4.53. The van der Waals surface area contributed by atoms with Crippen molar-refractivity contribution < 1.29 is 19.2 Å². The number of ketones is 1. The van der Waals surface area contributed by atoms with Crippen molar-refractivity contribution in [3.8, 4) is 0 Å². The number of esters is 1. The van der Waals surface area contributed by atoms with E-state index in [0.717, 1.165) is 10.8 Å². The second-order valence-electron chi connectivity index (χ2n) is 6.41. The SMILES string of the molecule is COC(=O)[C@]1([C@H](C[N+](=O)[O-])c2ccc3ccccc3c2)CCCC1=O. The van der Waals surface area contributed by atoms with Crippen molar-refractivity contribution >= 4 is 22.5 Å². The van der Waals surface area contributed by atoms with E-state index in [9.17, 15) is 19.7 Å². The summed E-state index contributed by atoms with van der Waals surface area (Å²) >= 11 is 0. The van der Waals surface area contributed by atoms with E-state index in [2.05, 4.69) is 0 Å². The van der Waals surface area contributed by atoms with Crippen LogP contribution in [0.2, 0.25) is 0 Å². The Labute approximate surface area is 144 Å². The number of carbonyl (C=O) groups excluding carboxylic acids is 2. The van der Waals surface area contributed by atoms with Gasteiger partial charge < -0.3 is 4.74 Å². The minimum Gasteiger partial charge on any atom is -0.468 e. The summed E-state index contributed by atoms with van der Waals surface area (Å²) in [6, 6.07) is 13.1. The van der Waals surface area contributed by atoms with Crippen LogP contribution < -0.4 is 0 Å². The number of Topliss-reactive ketones (excluding diaryl/α,β-unsaturated/α-hetero) is 1. The third-order valence-electron chi connectivity index (χ3n) is 5.12. The number of benzene rings is 2. The van der Waals surface area contributed by atoms with Crippen molar-refractivity contribution in [2.24, 2.45) is 5.41 Å². The number of nitro groups is 1. The van der Waals surface area contributed by atoms with Crippen molar-refractivity contribution in [1.82, 2.24) is 0 Å². The smallest absolute Gasteiger partial charge is 0.320 e. The molecule has 0 spiro atoms. The zero-order chi connectivity index (χ0) is 18.0. The molecule has 0 aliphatic heterocycles. The van der Waals surface area contributed by atoms with Crippen LogP contribution in [-0.2, 0) is 14.3 Å². The highest BCUT2D eigenvalue weighted by molar-refractivity contribution is 6.06. The molecule has 130 valence electrons. The first-order chi connectivity index (χ1) is 12.0. The summed E-state index contributed by atoms with van der Waals surface area (Å²) in [5.74, 6) is -1.77. The van der Waals surface area contributed by atoms with Crippen LogP contribution in [0.1, 0.15) is 30.7 Å². The molecule has 0 aromatic heterocycles. The van der Waals surface area contributed by atoms with Crippen molar-refractivity contribution in [3.63, 3.8) is 0 Å². The lowest BCUT2D eigenvalue weighted by Gasteiger charge is -2.31. The van der Waals surface area contributed by atoms with Gasteiger partial charge in [0, 0.05) is 11.3 Å². The van der Waals surface area contributed by atoms with Crippen LogP contribution in [0.4, 0.5) is 0 Å². The largest absolute Gasteiger partial charge is 0.468 e. The van der Waals surface area contributed by atoms with E-state index < -0.39 is 28.8 Å². The van der Waals surface area contributed by atoms with E-state index in [1.165, 1.54) is 7.11 Å². The van der Waals surface area contributed by atoms with E-state index >= 15 is 0 Å². The maximum Gasteiger partial charge on any atom is 0.320 e. The average Bonchev–Trinajstić information content (AvgIpc) is 3.00. The molecular weight excluding hydrogens is 322 g/mol. The first-order valence-corrected chi connectivity index (χ1v) is 8.21. The van der Waals surface area contributed by atoms with E-state index in [-0.39, 0.29) is 18.6 Å². The Hall–Kier alpha value is -2.76. The molecular formula is C19H19NO5. The van der Waals surface area contributed by atoms with Crippen LogP contribution >= 0.6 is 0 Å². The van der Waals surface area contributed by atoms with E-state index in [1.54, 1.807) is 6.07 Å². The lowest BCUT2D eigenvalue weighted by molar-refractivity contribution is -0.485. The van der Waals surface area contributed by atoms with Gasteiger partial charge in [0.15, 0.2) is 5.78 Å². The van der Waals surface area contributed by atoms with E-state index in [0.29, 0.717) is 12.0 Å². The van der Waals surface area contributed by atoms with Crippen LogP contribution in [-0.4, -0.2) is 30.3 Å². The fraction of sp³-hybridized carbons (Fsp3) is 0.368. The van der Waals surface area contributed by atoms with Gasteiger partial charge in [-0.25, -0.2) is 0 Å². The van der Waals surface area contributed by atoms with Gasteiger partial charge in [-0.15, -0.1) is 0 Å². The quantitative estimate of drug-likeness (QED) is 0.361. The van der Waals surface area contributed by atoms with Crippen LogP contribution in [0.25, 0.3) is 10.8 Å². The molecule has 0 N–H and O–H groups in total. The molecule has 2 aromatic rings. The molecule has 1 saturated carbocycles. The second kappa shape index (κ2) is 6.63. The molecule has 0 unspecified atom stereocenters. The van der Waals surface area contributed by atoms with E-state index in [1.807, 2.05) is 36.4 Å². The molecule has 2 aromatic carbocycles. The summed E-state index contributed by atoms with van der Waals surface area (Å²) in [6.07, 6.45) is 1.07. The van der Waals surface area contributed by atoms with Gasteiger partial charge in [0.25, 0.3) is 0 Å². The van der Waals surface area contributed by atoms with Gasteiger partial charge in [-0.3, -0.25) is 19.7 Å². The van der Waals surface area contributed by atoms with Crippen LogP contribution in [0, 0.1) is 15.5 Å². The maximum absolute atomic E-state index is 12.6. The minimum absolute atomic E-state index is 0.247. The number of methoxy groups -OCH3 is 1. The fourth-order valence-electron chi connectivity index (χ4n) is 3.92. The Bertz CT molecular complexity index is 847. The number of hydrogen-bond donors (Lipinski definition) is 0. The number of rotatable bonds is 5. The van der Waals surface area contributed by atoms with Gasteiger partial charge >= 0.3 is 5.97 Å². The molecule has 0 saturated heterocycles. The molecule has 6 heteroatoms. The summed E-state index contributed by atoms with van der Waals surface area (Å²) in [4.78, 5) is 36.0. The van der Waals surface area contributed by atoms with Crippen LogP contribution in [0.15, 0.2) is 42.5 Å². The van der Waals surface area contributed by atoms with Crippen LogP contribution in [0.5, 0.6) is 0 Å². The summed E-state index contributed by atoms with van der Waals surface area (Å²) in [7, 11) is 1.22. The van der Waals surface area contributed by atoms with Gasteiger partial charge in [-0.2, -0.15) is 0 Å². The Morgan fingerprint density at radius 3 is 2.60 bits per heavy atom. The van der Waals surface area contributed by atoms with E-state index in [4.69, 9.17) is 4.74 Å². The number of carbonyl (C=O) groups is 2. The van der Waals surface area contributed by atoms with Gasteiger partial charge in [-0.05, 0) is 29.2 Å². The molecule has 0 radical (unpaired) electrons. The molecule has 6 nitrogen and oxygen atoms in total. The highest BCUT2D eigenvalue weighted by atomic mass is 16.6. The molecule has 1 aliphatic carbocycles. The predicted molar refractivity (Wildman–Crippen MR) is 91.9 cm³/mol. The molecule has 1 aliphatic rings. The number of nitrogens with zero attached hydrogens (tertiary/aromatic N) is 1. The highest BCUT2D eigenvalue weighted by Crippen LogP contribution is 2.48. The maximum atomic E-state index is 12.6. The third kappa shape index (κ3) is 2.88. The molecule has 0 amide bonds. The molecule has 0 bridgehead atoms. The third-order valence-corrected chi connectivity index (χ3v) is 5.12. The highest BCUT2D eigenvalue weighted by Gasteiger charge is 2.57. The first kappa shape index (κ1) is 17.1. The van der Waals surface area contributed by atoms with Gasteiger partial charge in [0.1, 0.15) is 5.41 Å². The second-order valence-corrected chi connectivity index (χ2v) is 6.41. The normalized spacial score (nSPS) is 21.2. The standard InChI is InChI=1S/C19H19NO5/c1-25-18(22)19(10-4-7-17(19)21)16(12-20(23)24)15-9-8-13-5-2-3-6-14(13)11-15/h2-3,5-6,8-9,11,16H,4,7,10,12H2,1H3/t16-,19+/m1/s1. The molecule has 2 atom stereocenters. The van der Waals surface area contributed by atoms with Gasteiger partial charge in [0.2, 0.25) is 6.54 Å². The number of fused-ring (bicyclic) bond motifs is 1. The first-order valence-electron chi connectivity index (χ1n) is 8.21. The topological polar surface area (TPSA) is 86.5 Å². The van der Waals surface area contributed by atoms with Gasteiger partial charge in [-0.1, -0.05) is 42.5 Å². The monoisotopic (exact) mass is 341 g/mol. The zero-order valence-electron chi connectivity index (χ0n) is 13.9. The Morgan fingerprint density at radius 1 is 1.28 bits per heavy atom. The summed E-state index contributed by atoms with van der Waals surface area (Å²) in [6.45, 7) is -0.487. The predicted octanol–water partition coefficient (Wildman–Crippen LogP) is 3.11. The fourth-order valence-corrected chi connectivity index (χ4v) is 3.92. The van der Waals surface area contributed by atoms with Crippen LogP contribution in [0.3, 0.4) is 0 Å². The number of hydrogen-bond acceptors (Lipinski definition) is 5. The molecule has 25 heavy (non-hydrogen) atoms. The van der Waals surface area contributed by atoms with Crippen molar-refractivity contribution in [1.29, 1.82) is 0 Å².